The Balaban J connectivity index is 1.58. The lowest BCUT2D eigenvalue weighted by Crippen LogP contribution is -2.32. The number of amides is 1. The lowest BCUT2D eigenvalue weighted by atomic mass is 10.1. The van der Waals surface area contributed by atoms with E-state index in [0.717, 1.165) is 18.4 Å². The molecule has 164 valence electrons. The second-order valence-corrected chi connectivity index (χ2v) is 7.19. The van der Waals surface area contributed by atoms with Gasteiger partial charge in [0.15, 0.2) is 0 Å². The smallest absolute Gasteiger partial charge is 0.335 e. The van der Waals surface area contributed by atoms with Crippen molar-refractivity contribution in [2.45, 2.75) is 63.5 Å². The van der Waals surface area contributed by atoms with Gasteiger partial charge >= 0.3 is 18.2 Å². The lowest BCUT2D eigenvalue weighted by Gasteiger charge is -2.23. The predicted octanol–water partition coefficient (Wildman–Crippen LogP) is 5.37. The zero-order valence-corrected chi connectivity index (χ0v) is 15.8. The average molecular weight is 435 g/mol. The molecule has 1 amide bonds. The van der Waals surface area contributed by atoms with E-state index in [2.05, 4.69) is 14.7 Å². The van der Waals surface area contributed by atoms with Crippen LogP contribution in [-0.2, 0) is 17.5 Å². The highest BCUT2D eigenvalue weighted by atomic mass is 19.4. The molecule has 3 rings (SSSR count). The van der Waals surface area contributed by atoms with Gasteiger partial charge in [-0.1, -0.05) is 29.4 Å². The van der Waals surface area contributed by atoms with Crippen molar-refractivity contribution in [2.75, 3.05) is 0 Å². The maximum Gasteiger partial charge on any atom is 0.471 e. The minimum atomic E-state index is -4.73. The Labute approximate surface area is 168 Å². The number of benzene rings is 1. The first-order chi connectivity index (χ1) is 14.0. The quantitative estimate of drug-likeness (QED) is 0.413. The standard InChI is InChI=1S/C19H19F6N3O2/c20-18(21,22)10-2-1-3-15(29)28(14-8-9-14)11-12-4-6-13(7-5-12)16-26-17(30-27-16)19(23,24)25/h4-7,14H,1-3,8-11H2. The van der Waals surface area contributed by atoms with E-state index in [-0.39, 0.29) is 43.6 Å². The zero-order chi connectivity index (χ0) is 21.9. The van der Waals surface area contributed by atoms with Gasteiger partial charge < -0.3 is 9.42 Å². The number of rotatable bonds is 8. The van der Waals surface area contributed by atoms with Crippen LogP contribution in [0, 0.1) is 0 Å². The van der Waals surface area contributed by atoms with Crippen molar-refractivity contribution in [1.82, 2.24) is 15.0 Å². The molecule has 1 heterocycles. The van der Waals surface area contributed by atoms with Crippen molar-refractivity contribution in [3.8, 4) is 11.4 Å². The van der Waals surface area contributed by atoms with Crippen molar-refractivity contribution in [3.05, 3.63) is 35.7 Å². The summed E-state index contributed by atoms with van der Waals surface area (Å²) in [6, 6.07) is 6.42. The Morgan fingerprint density at radius 1 is 1.07 bits per heavy atom. The van der Waals surface area contributed by atoms with Crippen LogP contribution >= 0.6 is 0 Å². The minimum absolute atomic E-state index is 0.0493. The Kier molecular flexibility index (Phi) is 6.37. The molecule has 5 nitrogen and oxygen atoms in total. The van der Waals surface area contributed by atoms with Crippen molar-refractivity contribution >= 4 is 5.91 Å². The van der Waals surface area contributed by atoms with Crippen molar-refractivity contribution < 1.29 is 35.7 Å². The summed E-state index contributed by atoms with van der Waals surface area (Å²) in [5.74, 6) is -1.83. The summed E-state index contributed by atoms with van der Waals surface area (Å²) in [5.41, 5.74) is 1.07. The SMILES string of the molecule is O=C(CCCCC(F)(F)F)N(Cc1ccc(-c2noc(C(F)(F)F)n2)cc1)C1CC1. The maximum absolute atomic E-state index is 12.6. The largest absolute Gasteiger partial charge is 0.471 e. The maximum atomic E-state index is 12.6. The molecular weight excluding hydrogens is 416 g/mol. The van der Waals surface area contributed by atoms with Crippen LogP contribution in [0.1, 0.15) is 50.0 Å². The first kappa shape index (κ1) is 22.1. The summed E-state index contributed by atoms with van der Waals surface area (Å²) in [6.07, 6.45) is -8.04. The van der Waals surface area contributed by atoms with Gasteiger partial charge in [-0.2, -0.15) is 31.3 Å². The minimum Gasteiger partial charge on any atom is -0.335 e. The normalized spacial score (nSPS) is 14.7. The molecule has 0 N–H and O–H groups in total. The van der Waals surface area contributed by atoms with Crippen LogP contribution in [0.5, 0.6) is 0 Å². The summed E-state index contributed by atoms with van der Waals surface area (Å²) in [6.45, 7) is 0.281. The first-order valence-corrected chi connectivity index (χ1v) is 9.39. The highest BCUT2D eigenvalue weighted by molar-refractivity contribution is 5.76. The van der Waals surface area contributed by atoms with Gasteiger partial charge in [0.05, 0.1) is 0 Å². The molecule has 30 heavy (non-hydrogen) atoms. The van der Waals surface area contributed by atoms with E-state index < -0.39 is 24.7 Å². The molecule has 2 aromatic rings. The van der Waals surface area contributed by atoms with Crippen LogP contribution in [0.25, 0.3) is 11.4 Å². The summed E-state index contributed by atoms with van der Waals surface area (Å²) >= 11 is 0. The van der Waals surface area contributed by atoms with Crippen LogP contribution in [0.4, 0.5) is 26.3 Å². The molecular formula is C19H19F6N3O2. The number of alkyl halides is 6. The van der Waals surface area contributed by atoms with E-state index in [1.165, 1.54) is 12.1 Å². The molecule has 0 saturated heterocycles. The van der Waals surface area contributed by atoms with Gasteiger partial charge in [0.25, 0.3) is 0 Å². The van der Waals surface area contributed by atoms with Crippen molar-refractivity contribution in [2.24, 2.45) is 0 Å². The Hall–Kier alpha value is -2.59. The average Bonchev–Trinajstić information content (AvgIpc) is 3.36. The monoisotopic (exact) mass is 435 g/mol. The van der Waals surface area contributed by atoms with Gasteiger partial charge in [0, 0.05) is 31.0 Å². The third kappa shape index (κ3) is 6.20. The molecule has 11 heteroatoms. The van der Waals surface area contributed by atoms with Gasteiger partial charge in [0.1, 0.15) is 0 Å². The third-order valence-corrected chi connectivity index (χ3v) is 4.64. The number of nitrogens with zero attached hydrogens (tertiary/aromatic N) is 3. The van der Waals surface area contributed by atoms with E-state index in [1.807, 2.05) is 0 Å². The number of hydrogen-bond donors (Lipinski definition) is 0. The fourth-order valence-electron chi connectivity index (χ4n) is 2.96. The molecule has 0 unspecified atom stereocenters. The molecule has 0 radical (unpaired) electrons. The first-order valence-electron chi connectivity index (χ1n) is 9.39. The third-order valence-electron chi connectivity index (χ3n) is 4.64. The number of carbonyl (C=O) groups is 1. The van der Waals surface area contributed by atoms with Crippen LogP contribution < -0.4 is 0 Å². The second kappa shape index (κ2) is 8.65. The van der Waals surface area contributed by atoms with Gasteiger partial charge in [0.2, 0.25) is 11.7 Å². The van der Waals surface area contributed by atoms with Gasteiger partial charge in [-0.05, 0) is 31.2 Å². The van der Waals surface area contributed by atoms with Gasteiger partial charge in [-0.25, -0.2) is 0 Å². The van der Waals surface area contributed by atoms with E-state index in [1.54, 1.807) is 17.0 Å². The van der Waals surface area contributed by atoms with Crippen LogP contribution in [0.15, 0.2) is 28.8 Å². The van der Waals surface area contributed by atoms with Crippen LogP contribution in [0.3, 0.4) is 0 Å². The highest BCUT2D eigenvalue weighted by Crippen LogP contribution is 2.31. The molecule has 1 saturated carbocycles. The fraction of sp³-hybridized carbons (Fsp3) is 0.526. The van der Waals surface area contributed by atoms with Crippen LogP contribution in [-0.4, -0.2) is 33.2 Å². The molecule has 0 spiro atoms. The number of hydrogen-bond acceptors (Lipinski definition) is 4. The molecule has 1 fully saturated rings. The van der Waals surface area contributed by atoms with E-state index >= 15 is 0 Å². The molecule has 0 atom stereocenters. The number of aromatic nitrogens is 2. The molecule has 1 aromatic heterocycles. The molecule has 0 bridgehead atoms. The molecule has 0 aliphatic heterocycles. The zero-order valence-electron chi connectivity index (χ0n) is 15.8. The summed E-state index contributed by atoms with van der Waals surface area (Å²) in [5, 5.41) is 3.32. The van der Waals surface area contributed by atoms with Crippen molar-refractivity contribution in [1.29, 1.82) is 0 Å². The predicted molar refractivity (Wildman–Crippen MR) is 92.8 cm³/mol. The molecule has 1 aromatic carbocycles. The van der Waals surface area contributed by atoms with Crippen molar-refractivity contribution in [3.63, 3.8) is 0 Å². The van der Waals surface area contributed by atoms with Crippen LogP contribution in [0.2, 0.25) is 0 Å². The van der Waals surface area contributed by atoms with E-state index in [0.29, 0.717) is 5.56 Å². The van der Waals surface area contributed by atoms with E-state index in [9.17, 15) is 31.1 Å². The highest BCUT2D eigenvalue weighted by Gasteiger charge is 2.38. The topological polar surface area (TPSA) is 59.2 Å². The number of carbonyl (C=O) groups excluding carboxylic acids is 1. The van der Waals surface area contributed by atoms with E-state index in [4.69, 9.17) is 0 Å². The number of halogens is 6. The Bertz CT molecular complexity index is 856. The second-order valence-electron chi connectivity index (χ2n) is 7.19. The lowest BCUT2D eigenvalue weighted by molar-refractivity contribution is -0.159. The van der Waals surface area contributed by atoms with Gasteiger partial charge in [-0.3, -0.25) is 4.79 Å². The Morgan fingerprint density at radius 2 is 1.73 bits per heavy atom. The summed E-state index contributed by atoms with van der Waals surface area (Å²) in [4.78, 5) is 17.4. The molecule has 1 aliphatic rings. The Morgan fingerprint density at radius 3 is 2.27 bits per heavy atom. The number of unbranched alkanes of at least 4 members (excludes halogenated alkanes) is 1. The van der Waals surface area contributed by atoms with Gasteiger partial charge in [-0.15, -0.1) is 0 Å². The summed E-state index contributed by atoms with van der Waals surface area (Å²) < 4.78 is 78.5. The summed E-state index contributed by atoms with van der Waals surface area (Å²) in [7, 11) is 0. The molecule has 1 aliphatic carbocycles. The fourth-order valence-corrected chi connectivity index (χ4v) is 2.96.